The Morgan fingerprint density at radius 1 is 1.53 bits per heavy atom. The first-order valence-electron chi connectivity index (χ1n) is 5.33. The average molecular weight is 239 g/mol. The third kappa shape index (κ3) is 3.99. The van der Waals surface area contributed by atoms with Crippen LogP contribution in [0.25, 0.3) is 0 Å². The second-order valence-corrected chi connectivity index (χ2v) is 3.74. The van der Waals surface area contributed by atoms with E-state index in [2.05, 4.69) is 15.3 Å². The molecule has 6 nitrogen and oxygen atoms in total. The fourth-order valence-electron chi connectivity index (χ4n) is 1.28. The number of aliphatic carboxylic acids is 1. The summed E-state index contributed by atoms with van der Waals surface area (Å²) in [6, 6.07) is -0.716. The number of hydrogen-bond donors (Lipinski definition) is 2. The van der Waals surface area contributed by atoms with Crippen LogP contribution < -0.4 is 5.32 Å². The summed E-state index contributed by atoms with van der Waals surface area (Å²) in [5, 5.41) is 11.8. The van der Waals surface area contributed by atoms with Crippen molar-refractivity contribution in [1.29, 1.82) is 0 Å². The van der Waals surface area contributed by atoms with Crippen LogP contribution in [0.15, 0.2) is 6.20 Å². The first-order valence-corrected chi connectivity index (χ1v) is 5.33. The highest BCUT2D eigenvalue weighted by atomic mass is 16.5. The lowest BCUT2D eigenvalue weighted by atomic mass is 10.2. The number of nitrogens with zero attached hydrogens (tertiary/aromatic N) is 2. The van der Waals surface area contributed by atoms with Crippen molar-refractivity contribution in [3.05, 3.63) is 17.6 Å². The first kappa shape index (κ1) is 13.4. The molecule has 0 saturated carbocycles. The Kier molecular flexibility index (Phi) is 4.84. The zero-order valence-electron chi connectivity index (χ0n) is 10.2. The maximum Gasteiger partial charge on any atom is 0.326 e. The van der Waals surface area contributed by atoms with Crippen molar-refractivity contribution >= 4 is 11.8 Å². The van der Waals surface area contributed by atoms with Gasteiger partial charge >= 0.3 is 5.97 Å². The fraction of sp³-hybridized carbons (Fsp3) is 0.545. The molecule has 0 aliphatic carbocycles. The zero-order valence-corrected chi connectivity index (χ0v) is 10.2. The van der Waals surface area contributed by atoms with Crippen LogP contribution in [0.3, 0.4) is 0 Å². The number of carboxylic acids is 1. The van der Waals surface area contributed by atoms with E-state index in [4.69, 9.17) is 9.84 Å². The molecular formula is C11H17N3O3. The zero-order chi connectivity index (χ0) is 12.8. The van der Waals surface area contributed by atoms with Crippen LogP contribution in [-0.2, 0) is 9.53 Å². The first-order chi connectivity index (χ1) is 8.04. The van der Waals surface area contributed by atoms with Crippen molar-refractivity contribution in [1.82, 2.24) is 9.97 Å². The molecule has 17 heavy (non-hydrogen) atoms. The Hall–Kier alpha value is -1.69. The minimum Gasteiger partial charge on any atom is -0.480 e. The largest absolute Gasteiger partial charge is 0.480 e. The second-order valence-electron chi connectivity index (χ2n) is 3.74. The average Bonchev–Trinajstić information content (AvgIpc) is 2.28. The molecule has 1 aromatic heterocycles. The topological polar surface area (TPSA) is 84.3 Å². The minimum atomic E-state index is -0.929. The summed E-state index contributed by atoms with van der Waals surface area (Å²) in [4.78, 5) is 19.3. The summed E-state index contributed by atoms with van der Waals surface area (Å²) < 4.78 is 4.86. The fourth-order valence-corrected chi connectivity index (χ4v) is 1.28. The van der Waals surface area contributed by atoms with E-state index in [-0.39, 0.29) is 0 Å². The summed E-state index contributed by atoms with van der Waals surface area (Å²) in [5.74, 6) is -0.460. The molecule has 1 heterocycles. The highest BCUT2D eigenvalue weighted by Gasteiger charge is 2.17. The van der Waals surface area contributed by atoms with E-state index in [1.54, 1.807) is 0 Å². The monoisotopic (exact) mass is 239 g/mol. The van der Waals surface area contributed by atoms with Gasteiger partial charge in [0.15, 0.2) is 0 Å². The van der Waals surface area contributed by atoms with E-state index in [1.807, 2.05) is 13.8 Å². The van der Waals surface area contributed by atoms with E-state index in [0.29, 0.717) is 18.8 Å². The van der Waals surface area contributed by atoms with Gasteiger partial charge in [-0.3, -0.25) is 4.98 Å². The number of methoxy groups -OCH3 is 1. The number of ether oxygens (including phenoxy) is 1. The molecule has 1 rings (SSSR count). The van der Waals surface area contributed by atoms with Gasteiger partial charge in [0.2, 0.25) is 0 Å². The van der Waals surface area contributed by atoms with Gasteiger partial charge in [-0.15, -0.1) is 0 Å². The van der Waals surface area contributed by atoms with Gasteiger partial charge in [-0.05, 0) is 13.8 Å². The van der Waals surface area contributed by atoms with Gasteiger partial charge in [-0.2, -0.15) is 0 Å². The third-order valence-corrected chi connectivity index (χ3v) is 2.42. The normalized spacial score (nSPS) is 12.2. The number of carbonyl (C=O) groups is 1. The number of anilines is 1. The standard InChI is InChI=1S/C11H17N3O3/c1-7-8(2)13-10(6-12-7)14-9(11(15)16)4-5-17-3/h6,9H,4-5H2,1-3H3,(H,13,14)(H,15,16). The molecule has 0 fully saturated rings. The Morgan fingerprint density at radius 2 is 2.24 bits per heavy atom. The maximum atomic E-state index is 11.0. The van der Waals surface area contributed by atoms with Crippen LogP contribution in [0.1, 0.15) is 17.8 Å². The van der Waals surface area contributed by atoms with Gasteiger partial charge in [0.05, 0.1) is 17.6 Å². The highest BCUT2D eigenvalue weighted by molar-refractivity contribution is 5.76. The number of rotatable bonds is 6. The van der Waals surface area contributed by atoms with Crippen molar-refractivity contribution < 1.29 is 14.6 Å². The molecule has 0 spiro atoms. The summed E-state index contributed by atoms with van der Waals surface area (Å²) in [6.07, 6.45) is 1.91. The molecule has 0 saturated heterocycles. The van der Waals surface area contributed by atoms with Gasteiger partial charge in [-0.25, -0.2) is 9.78 Å². The molecule has 0 aliphatic heterocycles. The van der Waals surface area contributed by atoms with E-state index in [9.17, 15) is 4.79 Å². The molecule has 0 aromatic carbocycles. The smallest absolute Gasteiger partial charge is 0.326 e. The molecule has 0 amide bonds. The molecule has 1 unspecified atom stereocenters. The van der Waals surface area contributed by atoms with Gasteiger partial charge < -0.3 is 15.2 Å². The Labute approximate surface area is 100 Å². The van der Waals surface area contributed by atoms with Crippen LogP contribution in [0, 0.1) is 13.8 Å². The molecule has 1 atom stereocenters. The molecule has 0 bridgehead atoms. The van der Waals surface area contributed by atoms with Crippen LogP contribution in [0.5, 0.6) is 0 Å². The Bertz CT molecular complexity index is 396. The number of aromatic nitrogens is 2. The maximum absolute atomic E-state index is 11.0. The van der Waals surface area contributed by atoms with Crippen molar-refractivity contribution in [3.8, 4) is 0 Å². The quantitative estimate of drug-likeness (QED) is 0.770. The lowest BCUT2D eigenvalue weighted by Gasteiger charge is -2.14. The molecular weight excluding hydrogens is 222 g/mol. The molecule has 1 aromatic rings. The van der Waals surface area contributed by atoms with Crippen LogP contribution >= 0.6 is 0 Å². The highest BCUT2D eigenvalue weighted by Crippen LogP contribution is 2.08. The lowest BCUT2D eigenvalue weighted by Crippen LogP contribution is -2.31. The van der Waals surface area contributed by atoms with E-state index in [0.717, 1.165) is 11.4 Å². The summed E-state index contributed by atoms with van der Waals surface area (Å²) in [7, 11) is 1.54. The summed E-state index contributed by atoms with van der Waals surface area (Å²) in [6.45, 7) is 4.06. The summed E-state index contributed by atoms with van der Waals surface area (Å²) in [5.41, 5.74) is 1.62. The molecule has 0 radical (unpaired) electrons. The van der Waals surface area contributed by atoms with E-state index in [1.165, 1.54) is 13.3 Å². The number of carboxylic acid groups (broad SMARTS) is 1. The third-order valence-electron chi connectivity index (χ3n) is 2.42. The van der Waals surface area contributed by atoms with E-state index < -0.39 is 12.0 Å². The van der Waals surface area contributed by atoms with Gasteiger partial charge in [-0.1, -0.05) is 0 Å². The van der Waals surface area contributed by atoms with Crippen molar-refractivity contribution in [3.63, 3.8) is 0 Å². The molecule has 2 N–H and O–H groups in total. The van der Waals surface area contributed by atoms with Gasteiger partial charge in [0.1, 0.15) is 11.9 Å². The van der Waals surface area contributed by atoms with Crippen molar-refractivity contribution in [2.45, 2.75) is 26.3 Å². The number of hydrogen-bond acceptors (Lipinski definition) is 5. The number of nitrogens with one attached hydrogen (secondary N) is 1. The summed E-state index contributed by atoms with van der Waals surface area (Å²) >= 11 is 0. The van der Waals surface area contributed by atoms with Crippen LogP contribution in [0.4, 0.5) is 5.82 Å². The minimum absolute atomic E-state index is 0.375. The Morgan fingerprint density at radius 3 is 2.76 bits per heavy atom. The predicted octanol–water partition coefficient (Wildman–Crippen LogP) is 0.995. The predicted molar refractivity (Wildman–Crippen MR) is 63.0 cm³/mol. The second kappa shape index (κ2) is 6.15. The van der Waals surface area contributed by atoms with Crippen molar-refractivity contribution in [2.24, 2.45) is 0 Å². The molecule has 6 heteroatoms. The lowest BCUT2D eigenvalue weighted by molar-refractivity contribution is -0.138. The van der Waals surface area contributed by atoms with E-state index >= 15 is 0 Å². The van der Waals surface area contributed by atoms with Crippen LogP contribution in [-0.4, -0.2) is 40.8 Å². The van der Waals surface area contributed by atoms with Gasteiger partial charge in [0.25, 0.3) is 0 Å². The Balaban J connectivity index is 2.71. The van der Waals surface area contributed by atoms with Crippen LogP contribution in [0.2, 0.25) is 0 Å². The number of aryl methyl sites for hydroxylation is 2. The SMILES string of the molecule is COCCC(Nc1cnc(C)c(C)n1)C(=O)O. The molecule has 0 aliphatic rings. The van der Waals surface area contributed by atoms with Crippen molar-refractivity contribution in [2.75, 3.05) is 19.0 Å². The van der Waals surface area contributed by atoms with Gasteiger partial charge in [0, 0.05) is 20.1 Å². The molecule has 94 valence electrons.